The molecule has 0 saturated carbocycles. The van der Waals surface area contributed by atoms with E-state index in [9.17, 15) is 10.0 Å². The summed E-state index contributed by atoms with van der Waals surface area (Å²) in [5, 5.41) is 21.8. The van der Waals surface area contributed by atoms with Crippen molar-refractivity contribution in [3.63, 3.8) is 0 Å². The summed E-state index contributed by atoms with van der Waals surface area (Å²) >= 11 is 0. The minimum absolute atomic E-state index is 0.296. The highest BCUT2D eigenvalue weighted by Gasteiger charge is 2.15. The molecule has 2 aromatic rings. The zero-order valence-corrected chi connectivity index (χ0v) is 11.2. The van der Waals surface area contributed by atoms with Crippen molar-refractivity contribution in [3.05, 3.63) is 54.1 Å². The second kappa shape index (κ2) is 5.91. The molecule has 2 aromatic carbocycles. The first-order valence-electron chi connectivity index (χ1n) is 6.40. The summed E-state index contributed by atoms with van der Waals surface area (Å²) in [4.78, 5) is 0. The molecule has 3 nitrogen and oxygen atoms in total. The average Bonchev–Trinajstić information content (AvgIpc) is 2.39. The number of rotatable bonds is 4. The Bertz CT molecular complexity index is 541. The maximum Gasteiger partial charge on any atom is 0.488 e. The maximum atomic E-state index is 9.25. The fraction of sp³-hybridized carbons (Fsp3) is 0.200. The van der Waals surface area contributed by atoms with Crippen molar-refractivity contribution in [3.8, 4) is 0 Å². The van der Waals surface area contributed by atoms with Gasteiger partial charge in [-0.2, -0.15) is 0 Å². The SMILES string of the molecule is CC(C)c1cc(B(O)O)ccc1Nc1ccccc1. The van der Waals surface area contributed by atoms with Gasteiger partial charge in [-0.25, -0.2) is 0 Å². The van der Waals surface area contributed by atoms with Gasteiger partial charge >= 0.3 is 7.12 Å². The Morgan fingerprint density at radius 1 is 1.00 bits per heavy atom. The number of hydrogen-bond donors (Lipinski definition) is 3. The van der Waals surface area contributed by atoms with E-state index >= 15 is 0 Å². The van der Waals surface area contributed by atoms with Gasteiger partial charge in [0.1, 0.15) is 0 Å². The lowest BCUT2D eigenvalue weighted by molar-refractivity contribution is 0.425. The molecule has 0 fully saturated rings. The van der Waals surface area contributed by atoms with Gasteiger partial charge in [0.25, 0.3) is 0 Å². The van der Waals surface area contributed by atoms with Gasteiger partial charge in [-0.05, 0) is 35.1 Å². The zero-order valence-electron chi connectivity index (χ0n) is 11.2. The summed E-state index contributed by atoms with van der Waals surface area (Å²) in [6.45, 7) is 4.16. The number of anilines is 2. The number of hydrogen-bond acceptors (Lipinski definition) is 3. The van der Waals surface area contributed by atoms with Crippen LogP contribution >= 0.6 is 0 Å². The third-order valence-corrected chi connectivity index (χ3v) is 3.05. The molecule has 3 N–H and O–H groups in total. The van der Waals surface area contributed by atoms with Crippen LogP contribution in [0, 0.1) is 0 Å². The zero-order chi connectivity index (χ0) is 13.8. The molecule has 0 aromatic heterocycles. The molecular formula is C15H18BNO2. The molecule has 0 aliphatic heterocycles. The van der Waals surface area contributed by atoms with E-state index in [-0.39, 0.29) is 0 Å². The molecule has 2 rings (SSSR count). The minimum atomic E-state index is -1.43. The lowest BCUT2D eigenvalue weighted by Crippen LogP contribution is -2.30. The molecule has 4 heteroatoms. The predicted octanol–water partition coefficient (Wildman–Crippen LogP) is 2.23. The fourth-order valence-electron chi connectivity index (χ4n) is 2.01. The van der Waals surface area contributed by atoms with Gasteiger partial charge < -0.3 is 15.4 Å². The Balaban J connectivity index is 2.34. The molecule has 0 heterocycles. The summed E-state index contributed by atoms with van der Waals surface area (Å²) in [7, 11) is -1.43. The van der Waals surface area contributed by atoms with Crippen LogP contribution in [0.3, 0.4) is 0 Å². The van der Waals surface area contributed by atoms with Crippen molar-refractivity contribution in [2.75, 3.05) is 5.32 Å². The van der Waals surface area contributed by atoms with Gasteiger partial charge in [-0.15, -0.1) is 0 Å². The highest BCUT2D eigenvalue weighted by Crippen LogP contribution is 2.26. The van der Waals surface area contributed by atoms with E-state index in [1.165, 1.54) is 0 Å². The Morgan fingerprint density at radius 3 is 2.26 bits per heavy atom. The lowest BCUT2D eigenvalue weighted by Gasteiger charge is -2.16. The van der Waals surface area contributed by atoms with Gasteiger partial charge in [0.2, 0.25) is 0 Å². The summed E-state index contributed by atoms with van der Waals surface area (Å²) in [6, 6.07) is 15.4. The molecule has 0 spiro atoms. The first-order chi connectivity index (χ1) is 9.08. The van der Waals surface area contributed by atoms with E-state index in [4.69, 9.17) is 0 Å². The third kappa shape index (κ3) is 3.37. The highest BCUT2D eigenvalue weighted by atomic mass is 16.4. The Kier molecular flexibility index (Phi) is 4.25. The molecule has 0 radical (unpaired) electrons. The van der Waals surface area contributed by atoms with Crippen molar-refractivity contribution in [2.45, 2.75) is 19.8 Å². The fourth-order valence-corrected chi connectivity index (χ4v) is 2.01. The Morgan fingerprint density at radius 2 is 1.68 bits per heavy atom. The van der Waals surface area contributed by atoms with E-state index < -0.39 is 7.12 Å². The van der Waals surface area contributed by atoms with Gasteiger partial charge in [0.15, 0.2) is 0 Å². The number of para-hydroxylation sites is 1. The predicted molar refractivity (Wildman–Crippen MR) is 80.1 cm³/mol. The van der Waals surface area contributed by atoms with Gasteiger partial charge in [-0.3, -0.25) is 0 Å². The normalized spacial score (nSPS) is 10.6. The maximum absolute atomic E-state index is 9.25. The lowest BCUT2D eigenvalue weighted by atomic mass is 9.78. The van der Waals surface area contributed by atoms with Gasteiger partial charge in [0.05, 0.1) is 0 Å². The van der Waals surface area contributed by atoms with E-state index in [0.29, 0.717) is 11.4 Å². The van der Waals surface area contributed by atoms with Crippen LogP contribution in [0.4, 0.5) is 11.4 Å². The molecule has 0 saturated heterocycles. The summed E-state index contributed by atoms with van der Waals surface area (Å²) in [5.74, 6) is 0.296. The van der Waals surface area contributed by atoms with Gasteiger partial charge in [-0.1, -0.05) is 44.2 Å². The molecule has 0 unspecified atom stereocenters. The number of benzene rings is 2. The van der Waals surface area contributed by atoms with Crippen LogP contribution in [0.15, 0.2) is 48.5 Å². The van der Waals surface area contributed by atoms with E-state index in [1.807, 2.05) is 42.5 Å². The van der Waals surface area contributed by atoms with Crippen LogP contribution in [0.5, 0.6) is 0 Å². The van der Waals surface area contributed by atoms with E-state index in [2.05, 4.69) is 19.2 Å². The van der Waals surface area contributed by atoms with Crippen molar-refractivity contribution >= 4 is 24.0 Å². The largest absolute Gasteiger partial charge is 0.488 e. The first kappa shape index (κ1) is 13.7. The Hall–Kier alpha value is -1.78. The summed E-state index contributed by atoms with van der Waals surface area (Å²) in [5.41, 5.74) is 3.59. The molecular weight excluding hydrogens is 237 g/mol. The standard InChI is InChI=1S/C15H18BNO2/c1-11(2)14-10-12(16(18)19)8-9-15(14)17-13-6-4-3-5-7-13/h3-11,17-19H,1-2H3. The van der Waals surface area contributed by atoms with E-state index in [0.717, 1.165) is 16.9 Å². The van der Waals surface area contributed by atoms with Crippen molar-refractivity contribution in [1.29, 1.82) is 0 Å². The monoisotopic (exact) mass is 255 g/mol. The average molecular weight is 255 g/mol. The second-order valence-corrected chi connectivity index (χ2v) is 4.87. The van der Waals surface area contributed by atoms with Gasteiger partial charge in [0, 0.05) is 11.4 Å². The number of nitrogens with one attached hydrogen (secondary N) is 1. The van der Waals surface area contributed by atoms with Crippen LogP contribution in [0.1, 0.15) is 25.3 Å². The second-order valence-electron chi connectivity index (χ2n) is 4.87. The van der Waals surface area contributed by atoms with Crippen LogP contribution in [-0.2, 0) is 0 Å². The topological polar surface area (TPSA) is 52.5 Å². The summed E-state index contributed by atoms with van der Waals surface area (Å²) < 4.78 is 0. The smallest absolute Gasteiger partial charge is 0.423 e. The van der Waals surface area contributed by atoms with Crippen molar-refractivity contribution < 1.29 is 10.0 Å². The molecule has 0 amide bonds. The highest BCUT2D eigenvalue weighted by molar-refractivity contribution is 6.58. The minimum Gasteiger partial charge on any atom is -0.423 e. The molecule has 0 aliphatic carbocycles. The molecule has 0 aliphatic rings. The molecule has 19 heavy (non-hydrogen) atoms. The van der Waals surface area contributed by atoms with Crippen LogP contribution < -0.4 is 10.8 Å². The van der Waals surface area contributed by atoms with E-state index in [1.54, 1.807) is 6.07 Å². The van der Waals surface area contributed by atoms with Crippen LogP contribution in [0.25, 0.3) is 0 Å². The quantitative estimate of drug-likeness (QED) is 0.734. The van der Waals surface area contributed by atoms with Crippen molar-refractivity contribution in [1.82, 2.24) is 0 Å². The van der Waals surface area contributed by atoms with Crippen molar-refractivity contribution in [2.24, 2.45) is 0 Å². The third-order valence-electron chi connectivity index (χ3n) is 3.05. The molecule has 0 bridgehead atoms. The first-order valence-corrected chi connectivity index (χ1v) is 6.40. The molecule has 98 valence electrons. The Labute approximate surface area is 114 Å². The van der Waals surface area contributed by atoms with Crippen LogP contribution in [0.2, 0.25) is 0 Å². The molecule has 0 atom stereocenters. The summed E-state index contributed by atoms with van der Waals surface area (Å²) in [6.07, 6.45) is 0. The van der Waals surface area contributed by atoms with Crippen LogP contribution in [-0.4, -0.2) is 17.2 Å².